The molecular weight excluding hydrogens is 266 g/mol. The Morgan fingerprint density at radius 3 is 2.43 bits per heavy atom. The summed E-state index contributed by atoms with van der Waals surface area (Å²) >= 11 is 0. The van der Waals surface area contributed by atoms with Crippen molar-refractivity contribution >= 4 is 17.4 Å². The second-order valence-electron chi connectivity index (χ2n) is 4.95. The minimum absolute atomic E-state index is 0.0418. The van der Waals surface area contributed by atoms with Crippen LogP contribution in [0.4, 0.5) is 16.2 Å². The fourth-order valence-corrected chi connectivity index (χ4v) is 2.30. The van der Waals surface area contributed by atoms with Gasteiger partial charge in [0.15, 0.2) is 0 Å². The van der Waals surface area contributed by atoms with Gasteiger partial charge in [0.2, 0.25) is 0 Å². The summed E-state index contributed by atoms with van der Waals surface area (Å²) in [6.07, 6.45) is 0. The molecule has 1 aliphatic rings. The van der Waals surface area contributed by atoms with Gasteiger partial charge in [-0.1, -0.05) is 12.1 Å². The van der Waals surface area contributed by atoms with Crippen molar-refractivity contribution in [2.24, 2.45) is 0 Å². The lowest BCUT2D eigenvalue weighted by Gasteiger charge is -2.15. The van der Waals surface area contributed by atoms with Gasteiger partial charge in [0.25, 0.3) is 0 Å². The number of hydrogen-bond acceptors (Lipinski definition) is 3. The van der Waals surface area contributed by atoms with Crippen LogP contribution in [0.1, 0.15) is 5.56 Å². The van der Waals surface area contributed by atoms with Crippen molar-refractivity contribution in [2.75, 3.05) is 23.3 Å². The number of nitrogens with one attached hydrogen (secondary N) is 2. The number of aromatic hydroxyl groups is 1. The van der Waals surface area contributed by atoms with E-state index in [2.05, 4.69) is 10.6 Å². The number of carbonyl (C=O) groups excluding carboxylic acids is 1. The lowest BCUT2D eigenvalue weighted by molar-refractivity contribution is 0.252. The minimum Gasteiger partial charge on any atom is -0.508 e. The van der Waals surface area contributed by atoms with Gasteiger partial charge in [-0.2, -0.15) is 0 Å². The lowest BCUT2D eigenvalue weighted by atomic mass is 10.2. The summed E-state index contributed by atoms with van der Waals surface area (Å²) < 4.78 is 0. The van der Waals surface area contributed by atoms with Gasteiger partial charge in [0.1, 0.15) is 5.75 Å². The van der Waals surface area contributed by atoms with E-state index in [1.165, 1.54) is 0 Å². The largest absolute Gasteiger partial charge is 0.508 e. The van der Waals surface area contributed by atoms with E-state index in [0.717, 1.165) is 16.9 Å². The van der Waals surface area contributed by atoms with Gasteiger partial charge in [0, 0.05) is 31.0 Å². The summed E-state index contributed by atoms with van der Waals surface area (Å²) in [4.78, 5) is 13.3. The molecule has 3 rings (SSSR count). The maximum Gasteiger partial charge on any atom is 0.321 e. The molecule has 3 N–H and O–H groups in total. The Labute approximate surface area is 123 Å². The molecule has 0 bridgehead atoms. The first-order valence-electron chi connectivity index (χ1n) is 6.89. The van der Waals surface area contributed by atoms with E-state index in [1.54, 1.807) is 17.0 Å². The fraction of sp³-hybridized carbons (Fsp3) is 0.188. The van der Waals surface area contributed by atoms with Crippen LogP contribution in [0.5, 0.6) is 5.75 Å². The molecule has 2 aromatic carbocycles. The number of benzene rings is 2. The number of phenolic OH excluding ortho intramolecular Hbond substituents is 1. The predicted octanol–water partition coefficient (Wildman–Crippen LogP) is 2.53. The maximum absolute atomic E-state index is 11.6. The number of nitrogens with zero attached hydrogens (tertiary/aromatic N) is 1. The standard InChI is InChI=1S/C16H17N3O2/c20-15-7-1-12(2-8-15)11-18-13-3-5-14(6-4-13)19-10-9-17-16(19)21/h1-8,18,20H,9-11H2,(H,17,21). The van der Waals surface area contributed by atoms with Crippen molar-refractivity contribution in [1.82, 2.24) is 5.32 Å². The number of carbonyl (C=O) groups is 1. The monoisotopic (exact) mass is 283 g/mol. The molecule has 0 atom stereocenters. The van der Waals surface area contributed by atoms with Gasteiger partial charge in [-0.3, -0.25) is 4.90 Å². The van der Waals surface area contributed by atoms with Crippen LogP contribution < -0.4 is 15.5 Å². The number of phenols is 1. The number of urea groups is 1. The zero-order valence-electron chi connectivity index (χ0n) is 11.5. The van der Waals surface area contributed by atoms with E-state index >= 15 is 0 Å². The van der Waals surface area contributed by atoms with Crippen LogP contribution in [0.25, 0.3) is 0 Å². The van der Waals surface area contributed by atoms with Crippen LogP contribution in [0.15, 0.2) is 48.5 Å². The number of anilines is 2. The van der Waals surface area contributed by atoms with Crippen LogP contribution in [0, 0.1) is 0 Å². The Kier molecular flexibility index (Phi) is 3.64. The van der Waals surface area contributed by atoms with Gasteiger partial charge < -0.3 is 15.7 Å². The highest BCUT2D eigenvalue weighted by atomic mass is 16.3. The third-order valence-electron chi connectivity index (χ3n) is 3.47. The Morgan fingerprint density at radius 2 is 1.81 bits per heavy atom. The molecule has 0 aliphatic carbocycles. The molecule has 5 heteroatoms. The summed E-state index contributed by atoms with van der Waals surface area (Å²) in [6.45, 7) is 2.09. The number of rotatable bonds is 4. The molecule has 0 spiro atoms. The zero-order chi connectivity index (χ0) is 14.7. The van der Waals surface area contributed by atoms with E-state index in [1.807, 2.05) is 36.4 Å². The molecule has 0 saturated carbocycles. The average molecular weight is 283 g/mol. The average Bonchev–Trinajstić information content (AvgIpc) is 2.93. The molecule has 1 heterocycles. The van der Waals surface area contributed by atoms with Gasteiger partial charge in [-0.15, -0.1) is 0 Å². The van der Waals surface area contributed by atoms with E-state index in [-0.39, 0.29) is 11.8 Å². The Balaban J connectivity index is 1.62. The van der Waals surface area contributed by atoms with Crippen LogP contribution in [-0.4, -0.2) is 24.2 Å². The summed E-state index contributed by atoms with van der Waals surface area (Å²) in [6, 6.07) is 14.9. The van der Waals surface area contributed by atoms with Crippen LogP contribution in [0.3, 0.4) is 0 Å². The van der Waals surface area contributed by atoms with Crippen molar-refractivity contribution < 1.29 is 9.90 Å². The topological polar surface area (TPSA) is 64.6 Å². The second kappa shape index (κ2) is 5.75. The molecule has 0 radical (unpaired) electrons. The SMILES string of the molecule is O=C1NCCN1c1ccc(NCc2ccc(O)cc2)cc1. The third-order valence-corrected chi connectivity index (χ3v) is 3.47. The van der Waals surface area contributed by atoms with Crippen molar-refractivity contribution in [3.63, 3.8) is 0 Å². The van der Waals surface area contributed by atoms with Crippen LogP contribution in [-0.2, 0) is 6.54 Å². The third kappa shape index (κ3) is 3.08. The molecule has 1 saturated heterocycles. The summed E-state index contributed by atoms with van der Waals surface area (Å²) in [7, 11) is 0. The van der Waals surface area contributed by atoms with Crippen molar-refractivity contribution in [3.05, 3.63) is 54.1 Å². The minimum atomic E-state index is -0.0418. The first-order valence-corrected chi connectivity index (χ1v) is 6.89. The highest BCUT2D eigenvalue weighted by molar-refractivity contribution is 5.94. The fourth-order valence-electron chi connectivity index (χ4n) is 2.30. The molecule has 5 nitrogen and oxygen atoms in total. The maximum atomic E-state index is 11.6. The smallest absolute Gasteiger partial charge is 0.321 e. The van der Waals surface area contributed by atoms with Crippen molar-refractivity contribution in [1.29, 1.82) is 0 Å². The molecule has 21 heavy (non-hydrogen) atoms. The van der Waals surface area contributed by atoms with Crippen molar-refractivity contribution in [3.8, 4) is 5.75 Å². The first kappa shape index (κ1) is 13.3. The van der Waals surface area contributed by atoms with Crippen LogP contribution >= 0.6 is 0 Å². The summed E-state index contributed by atoms with van der Waals surface area (Å²) in [5, 5.41) is 15.3. The summed E-state index contributed by atoms with van der Waals surface area (Å²) in [5.41, 5.74) is 2.99. The molecule has 2 amide bonds. The summed E-state index contributed by atoms with van der Waals surface area (Å²) in [5.74, 6) is 0.270. The zero-order valence-corrected chi connectivity index (χ0v) is 11.5. The van der Waals surface area contributed by atoms with E-state index in [0.29, 0.717) is 19.6 Å². The van der Waals surface area contributed by atoms with Gasteiger partial charge in [-0.25, -0.2) is 4.79 Å². The van der Waals surface area contributed by atoms with E-state index in [9.17, 15) is 9.90 Å². The Hall–Kier alpha value is -2.69. The number of amides is 2. The Morgan fingerprint density at radius 1 is 1.10 bits per heavy atom. The van der Waals surface area contributed by atoms with Gasteiger partial charge in [0.05, 0.1) is 0 Å². The molecule has 1 fully saturated rings. The van der Waals surface area contributed by atoms with E-state index < -0.39 is 0 Å². The quantitative estimate of drug-likeness (QED) is 0.808. The molecule has 1 aliphatic heterocycles. The molecule has 108 valence electrons. The molecule has 2 aromatic rings. The normalized spacial score (nSPS) is 14.1. The number of hydrogen-bond donors (Lipinski definition) is 3. The van der Waals surface area contributed by atoms with Crippen molar-refractivity contribution in [2.45, 2.75) is 6.54 Å². The lowest BCUT2D eigenvalue weighted by Crippen LogP contribution is -2.27. The molecule has 0 aromatic heterocycles. The first-order chi connectivity index (χ1) is 10.2. The molecular formula is C16H17N3O2. The molecule has 0 unspecified atom stereocenters. The predicted molar refractivity (Wildman–Crippen MR) is 82.6 cm³/mol. The van der Waals surface area contributed by atoms with E-state index in [4.69, 9.17) is 0 Å². The highest BCUT2D eigenvalue weighted by Crippen LogP contribution is 2.20. The van der Waals surface area contributed by atoms with Gasteiger partial charge >= 0.3 is 6.03 Å². The van der Waals surface area contributed by atoms with Gasteiger partial charge in [-0.05, 0) is 42.0 Å². The van der Waals surface area contributed by atoms with Crippen LogP contribution in [0.2, 0.25) is 0 Å². The highest BCUT2D eigenvalue weighted by Gasteiger charge is 2.20. The Bertz CT molecular complexity index is 623. The second-order valence-corrected chi connectivity index (χ2v) is 4.95.